The zero-order valence-electron chi connectivity index (χ0n) is 41.1. The molecule has 360 valence electrons. The molecule has 0 unspecified atom stereocenters. The highest BCUT2D eigenvalue weighted by Crippen LogP contribution is 2.70. The van der Waals surface area contributed by atoms with Crippen LogP contribution >= 0.6 is 46.2 Å². The van der Waals surface area contributed by atoms with Gasteiger partial charge in [-0.15, -0.1) is 22.7 Å². The van der Waals surface area contributed by atoms with Gasteiger partial charge in [-0.1, -0.05) is 193 Å². The molecular weight excluding hydrogens is 997 g/mol. The lowest BCUT2D eigenvalue weighted by Gasteiger charge is -2.51. The Morgan fingerprint density at radius 2 is 0.513 bits per heavy atom. The smallest absolute Gasteiger partial charge is 0.0831 e. The van der Waals surface area contributed by atoms with Crippen LogP contribution in [0.2, 0.25) is 0 Å². The van der Waals surface area contributed by atoms with Crippen molar-refractivity contribution in [3.8, 4) is 20.9 Å². The van der Waals surface area contributed by atoms with E-state index in [9.17, 15) is 0 Å². The van der Waals surface area contributed by atoms with Crippen LogP contribution in [0.1, 0.15) is 43.1 Å². The van der Waals surface area contributed by atoms with Crippen molar-refractivity contribution in [2.75, 3.05) is 9.80 Å². The second-order valence-electron chi connectivity index (χ2n) is 19.5. The lowest BCUT2D eigenvalue weighted by molar-refractivity contribution is 0.609. The van der Waals surface area contributed by atoms with Gasteiger partial charge in [0.25, 0.3) is 0 Å². The van der Waals surface area contributed by atoms with Crippen LogP contribution in [-0.2, 0) is 10.8 Å². The van der Waals surface area contributed by atoms with E-state index in [0.717, 1.165) is 34.1 Å². The van der Waals surface area contributed by atoms with E-state index in [1.54, 1.807) is 0 Å². The Balaban J connectivity index is 1.03. The van der Waals surface area contributed by atoms with Gasteiger partial charge in [0.15, 0.2) is 0 Å². The number of rotatable bonds is 8. The Morgan fingerprint density at radius 1 is 0.237 bits per heavy atom. The highest BCUT2D eigenvalue weighted by Gasteiger charge is 2.60. The largest absolute Gasteiger partial charge is 0.310 e. The highest BCUT2D eigenvalue weighted by atomic mass is 32.2. The van der Waals surface area contributed by atoms with Gasteiger partial charge in [0.2, 0.25) is 0 Å². The van der Waals surface area contributed by atoms with Gasteiger partial charge in [0.05, 0.1) is 10.8 Å². The Labute approximate surface area is 460 Å². The molecule has 2 nitrogen and oxygen atoms in total. The fraction of sp³-hybridized carbons (Fsp3) is 0.0286. The predicted molar refractivity (Wildman–Crippen MR) is 321 cm³/mol. The van der Waals surface area contributed by atoms with Gasteiger partial charge in [0.1, 0.15) is 0 Å². The number of nitrogens with zero attached hydrogens (tertiary/aromatic N) is 2. The van der Waals surface area contributed by atoms with E-state index in [0.29, 0.717) is 0 Å². The van der Waals surface area contributed by atoms with E-state index >= 15 is 0 Å². The molecule has 4 heterocycles. The van der Waals surface area contributed by atoms with Gasteiger partial charge in [-0.3, -0.25) is 0 Å². The third-order valence-electron chi connectivity index (χ3n) is 15.4. The van der Waals surface area contributed by atoms with E-state index in [2.05, 4.69) is 289 Å². The SMILES string of the molecule is c1ccc(N(c2ccccc2)c2cccc(-c3cc4c(s3)C3(c5ccccc5Sc5ccccc53)c3cc(-c5cccc(N(c6ccccc6)c6ccccc6)c5)sc3C43c4ccccc4Sc4ccccc43)c2)cc1. The Hall–Kier alpha value is -8.10. The first-order chi connectivity index (χ1) is 37.7. The van der Waals surface area contributed by atoms with Crippen LogP contribution in [0.4, 0.5) is 34.1 Å². The molecule has 0 saturated carbocycles. The number of para-hydroxylation sites is 4. The van der Waals surface area contributed by atoms with E-state index in [4.69, 9.17) is 0 Å². The number of benzene rings is 10. The summed E-state index contributed by atoms with van der Waals surface area (Å²) in [6, 6.07) is 104. The molecule has 10 aromatic carbocycles. The van der Waals surface area contributed by atoms with Crippen molar-refractivity contribution in [1.29, 1.82) is 0 Å². The molecule has 6 heteroatoms. The van der Waals surface area contributed by atoms with Crippen molar-refractivity contribution < 1.29 is 0 Å². The van der Waals surface area contributed by atoms with Crippen LogP contribution in [0.15, 0.2) is 299 Å². The average Bonchev–Trinajstić information content (AvgIpc) is 4.33. The second kappa shape index (κ2) is 18.3. The third-order valence-corrected chi connectivity index (χ3v) is 20.3. The first kappa shape index (κ1) is 45.3. The average molecular weight is 1040 g/mol. The Morgan fingerprint density at radius 3 is 0.829 bits per heavy atom. The third kappa shape index (κ3) is 6.95. The molecule has 3 aliphatic rings. The topological polar surface area (TPSA) is 6.48 Å². The quantitative estimate of drug-likeness (QED) is 0.150. The summed E-state index contributed by atoms with van der Waals surface area (Å²) in [6.07, 6.45) is 0. The van der Waals surface area contributed by atoms with Gasteiger partial charge in [-0.2, -0.15) is 0 Å². The normalized spacial score (nSPS) is 13.9. The molecule has 0 bridgehead atoms. The van der Waals surface area contributed by atoms with Gasteiger partial charge in [0, 0.05) is 73.2 Å². The summed E-state index contributed by atoms with van der Waals surface area (Å²) in [5, 5.41) is 0. The molecule has 2 aromatic heterocycles. The molecule has 15 rings (SSSR count). The number of thiophene rings is 2. The summed E-state index contributed by atoms with van der Waals surface area (Å²) in [5.41, 5.74) is 15.9. The predicted octanol–water partition coefficient (Wildman–Crippen LogP) is 20.1. The molecule has 2 spiro atoms. The molecule has 0 atom stereocenters. The molecule has 2 aliphatic heterocycles. The molecular formula is C70H46N2S4. The summed E-state index contributed by atoms with van der Waals surface area (Å²) in [4.78, 5) is 15.2. The molecule has 0 N–H and O–H groups in total. The standard InChI is InChI=1S/C70H46N2S4/c1-5-25-49(26-6-1)71(50-27-7-2-8-28-50)53-33-21-23-47(43-53)65-45-59-67(75-65)70(57-37-15-19-41-63(57)74-64-42-20-16-38-58(64)70)60-46-66(76-68(60)69(59)55-35-13-17-39-61(55)73-62-40-18-14-36-56(62)69)48-24-22-34-54(44-48)72(51-29-9-3-10-30-51)52-31-11-4-12-32-52/h1-46H. The molecule has 0 fully saturated rings. The number of fused-ring (bicyclic) bond motifs is 14. The van der Waals surface area contributed by atoms with Crippen LogP contribution in [0.3, 0.4) is 0 Å². The van der Waals surface area contributed by atoms with Crippen LogP contribution in [0.25, 0.3) is 20.9 Å². The van der Waals surface area contributed by atoms with Crippen molar-refractivity contribution in [2.24, 2.45) is 0 Å². The van der Waals surface area contributed by atoms with Crippen LogP contribution in [0, 0.1) is 0 Å². The molecule has 0 radical (unpaired) electrons. The molecule has 12 aromatic rings. The maximum absolute atomic E-state index is 2.60. The minimum absolute atomic E-state index is 0.643. The van der Waals surface area contributed by atoms with Crippen LogP contribution in [0.5, 0.6) is 0 Å². The fourth-order valence-corrected chi connectivity index (χ4v) is 17.6. The zero-order chi connectivity index (χ0) is 50.2. The zero-order valence-corrected chi connectivity index (χ0v) is 44.4. The van der Waals surface area contributed by atoms with Crippen molar-refractivity contribution in [1.82, 2.24) is 0 Å². The molecule has 76 heavy (non-hydrogen) atoms. The maximum Gasteiger partial charge on any atom is 0.0831 e. The van der Waals surface area contributed by atoms with Gasteiger partial charge < -0.3 is 9.80 Å². The number of anilines is 6. The highest BCUT2D eigenvalue weighted by molar-refractivity contribution is 7.99. The number of hydrogen-bond acceptors (Lipinski definition) is 6. The molecule has 1 aliphatic carbocycles. The second-order valence-corrected chi connectivity index (χ2v) is 23.8. The lowest BCUT2D eigenvalue weighted by Crippen LogP contribution is -2.45. The summed E-state index contributed by atoms with van der Waals surface area (Å²) in [5.74, 6) is 0. The van der Waals surface area contributed by atoms with E-state index in [1.807, 2.05) is 46.2 Å². The summed E-state index contributed by atoms with van der Waals surface area (Å²) in [6.45, 7) is 0. The lowest BCUT2D eigenvalue weighted by atomic mass is 9.55. The van der Waals surface area contributed by atoms with Crippen LogP contribution in [-0.4, -0.2) is 0 Å². The summed E-state index contributed by atoms with van der Waals surface area (Å²) >= 11 is 7.78. The van der Waals surface area contributed by atoms with Crippen molar-refractivity contribution >= 4 is 80.3 Å². The van der Waals surface area contributed by atoms with E-state index < -0.39 is 10.8 Å². The van der Waals surface area contributed by atoms with Gasteiger partial charge in [-0.25, -0.2) is 0 Å². The number of hydrogen-bond donors (Lipinski definition) is 0. The van der Waals surface area contributed by atoms with Crippen molar-refractivity contribution in [3.05, 3.63) is 322 Å². The summed E-state index contributed by atoms with van der Waals surface area (Å²) in [7, 11) is 0. The minimum atomic E-state index is -0.643. The van der Waals surface area contributed by atoms with Crippen molar-refractivity contribution in [2.45, 2.75) is 30.4 Å². The first-order valence-corrected chi connectivity index (χ1v) is 29.0. The molecule has 0 amide bonds. The van der Waals surface area contributed by atoms with E-state index in [-0.39, 0.29) is 0 Å². The van der Waals surface area contributed by atoms with Gasteiger partial charge in [-0.05, 0) is 154 Å². The first-order valence-electron chi connectivity index (χ1n) is 25.7. The maximum atomic E-state index is 2.60. The Kier molecular flexibility index (Phi) is 10.9. The Bertz CT molecular complexity index is 3660. The monoisotopic (exact) mass is 1040 g/mol. The van der Waals surface area contributed by atoms with Gasteiger partial charge >= 0.3 is 0 Å². The molecule has 0 saturated heterocycles. The minimum Gasteiger partial charge on any atom is -0.310 e. The summed E-state index contributed by atoms with van der Waals surface area (Å²) < 4.78 is 0. The van der Waals surface area contributed by atoms with Crippen molar-refractivity contribution in [3.63, 3.8) is 0 Å². The van der Waals surface area contributed by atoms with E-state index in [1.165, 1.54) is 83.6 Å². The fourth-order valence-electron chi connectivity index (χ4n) is 12.3. The van der Waals surface area contributed by atoms with Crippen LogP contribution < -0.4 is 9.80 Å².